The molecule has 0 heterocycles. The van der Waals surface area contributed by atoms with Gasteiger partial charge < -0.3 is 0 Å². The molecule has 0 aliphatic heterocycles. The molecule has 110 valence electrons. The van der Waals surface area contributed by atoms with Crippen LogP contribution in [0.4, 0.5) is 0 Å². The van der Waals surface area contributed by atoms with Crippen molar-refractivity contribution in [2.24, 2.45) is 29.6 Å². The van der Waals surface area contributed by atoms with Crippen LogP contribution < -0.4 is 0 Å². The van der Waals surface area contributed by atoms with Crippen LogP contribution in [-0.4, -0.2) is 5.78 Å². The van der Waals surface area contributed by atoms with Crippen LogP contribution in [0.1, 0.15) is 78.6 Å². The normalized spacial score (nSPS) is 36.4. The van der Waals surface area contributed by atoms with Gasteiger partial charge in [-0.1, -0.05) is 40.0 Å². The van der Waals surface area contributed by atoms with Gasteiger partial charge in [0, 0.05) is 11.8 Å². The van der Waals surface area contributed by atoms with Crippen LogP contribution in [0.5, 0.6) is 0 Å². The summed E-state index contributed by atoms with van der Waals surface area (Å²) >= 11 is 0. The summed E-state index contributed by atoms with van der Waals surface area (Å²) in [5.41, 5.74) is 0. The lowest BCUT2D eigenvalue weighted by molar-refractivity contribution is -0.131. The fraction of sp³-hybridized carbons (Fsp3) is 0.944. The Labute approximate surface area is 119 Å². The van der Waals surface area contributed by atoms with Crippen LogP contribution in [0.2, 0.25) is 0 Å². The summed E-state index contributed by atoms with van der Waals surface area (Å²) in [6.45, 7) is 6.94. The van der Waals surface area contributed by atoms with E-state index in [4.69, 9.17) is 0 Å². The minimum Gasteiger partial charge on any atom is -0.299 e. The second-order valence-corrected chi connectivity index (χ2v) is 7.32. The van der Waals surface area contributed by atoms with Crippen molar-refractivity contribution in [1.29, 1.82) is 0 Å². The van der Waals surface area contributed by atoms with Crippen molar-refractivity contribution in [3.8, 4) is 0 Å². The third-order valence-corrected chi connectivity index (χ3v) is 5.92. The Morgan fingerprint density at radius 1 is 1.00 bits per heavy atom. The van der Waals surface area contributed by atoms with E-state index in [0.717, 1.165) is 11.8 Å². The summed E-state index contributed by atoms with van der Waals surface area (Å²) in [4.78, 5) is 12.8. The van der Waals surface area contributed by atoms with Gasteiger partial charge in [0.1, 0.15) is 5.78 Å². The van der Waals surface area contributed by atoms with Crippen molar-refractivity contribution in [3.63, 3.8) is 0 Å². The quantitative estimate of drug-likeness (QED) is 0.679. The van der Waals surface area contributed by atoms with Crippen LogP contribution in [0.3, 0.4) is 0 Å². The molecule has 2 saturated carbocycles. The zero-order valence-electron chi connectivity index (χ0n) is 13.2. The van der Waals surface area contributed by atoms with E-state index >= 15 is 0 Å². The summed E-state index contributed by atoms with van der Waals surface area (Å²) in [5.74, 6) is 3.84. The largest absolute Gasteiger partial charge is 0.299 e. The minimum absolute atomic E-state index is 0.409. The summed E-state index contributed by atoms with van der Waals surface area (Å²) in [6, 6.07) is 0. The number of Topliss-reactive ketones (excluding diaryl/α,β-unsaturated/α-hetero) is 1. The fourth-order valence-corrected chi connectivity index (χ4v) is 4.44. The molecule has 2 unspecified atom stereocenters. The monoisotopic (exact) mass is 264 g/mol. The van der Waals surface area contributed by atoms with Crippen LogP contribution >= 0.6 is 0 Å². The average Bonchev–Trinajstić information content (AvgIpc) is 2.46. The van der Waals surface area contributed by atoms with Crippen molar-refractivity contribution in [1.82, 2.24) is 0 Å². The first kappa shape index (κ1) is 15.1. The van der Waals surface area contributed by atoms with Crippen molar-refractivity contribution in [2.45, 2.75) is 78.6 Å². The summed E-state index contributed by atoms with van der Waals surface area (Å²) in [5, 5.41) is 0. The third-order valence-electron chi connectivity index (χ3n) is 5.92. The van der Waals surface area contributed by atoms with Gasteiger partial charge in [-0.05, 0) is 56.3 Å². The molecule has 0 bridgehead atoms. The zero-order chi connectivity index (χ0) is 13.8. The Morgan fingerprint density at radius 3 is 2.21 bits per heavy atom. The molecule has 2 atom stereocenters. The van der Waals surface area contributed by atoms with E-state index in [2.05, 4.69) is 20.8 Å². The van der Waals surface area contributed by atoms with Crippen LogP contribution in [0.15, 0.2) is 0 Å². The molecule has 0 spiro atoms. The lowest BCUT2D eigenvalue weighted by Crippen LogP contribution is -2.34. The summed E-state index contributed by atoms with van der Waals surface area (Å²) < 4.78 is 0. The Bertz CT molecular complexity index is 286. The maximum Gasteiger partial charge on any atom is 0.139 e. The lowest BCUT2D eigenvalue weighted by Gasteiger charge is -2.35. The van der Waals surface area contributed by atoms with Gasteiger partial charge in [0.05, 0.1) is 0 Å². The standard InChI is InChI=1S/C18H32O/c1-4-14-7-5-6-8-17(14)18(19)16-11-9-15(10-12-16)13(2)3/h13-17H,4-12H2,1-3H3. The van der Waals surface area contributed by atoms with Crippen LogP contribution in [0.25, 0.3) is 0 Å². The predicted molar refractivity (Wildman–Crippen MR) is 81.0 cm³/mol. The van der Waals surface area contributed by atoms with E-state index < -0.39 is 0 Å². The Morgan fingerprint density at radius 2 is 1.63 bits per heavy atom. The molecule has 2 fully saturated rings. The number of ketones is 1. The second kappa shape index (κ2) is 6.90. The van der Waals surface area contributed by atoms with Crippen molar-refractivity contribution in [3.05, 3.63) is 0 Å². The number of hydrogen-bond donors (Lipinski definition) is 0. The third kappa shape index (κ3) is 3.61. The SMILES string of the molecule is CCC1CCCCC1C(=O)C1CCC(C(C)C)CC1. The average molecular weight is 264 g/mol. The van der Waals surface area contributed by atoms with Gasteiger partial charge in [-0.3, -0.25) is 4.79 Å². The number of hydrogen-bond acceptors (Lipinski definition) is 1. The maximum atomic E-state index is 12.8. The molecule has 0 aromatic heterocycles. The molecule has 1 heteroatoms. The van der Waals surface area contributed by atoms with Crippen LogP contribution in [-0.2, 0) is 4.79 Å². The molecular formula is C18H32O. The van der Waals surface area contributed by atoms with Crippen molar-refractivity contribution in [2.75, 3.05) is 0 Å². The van der Waals surface area contributed by atoms with Gasteiger partial charge in [0.2, 0.25) is 0 Å². The molecule has 2 aliphatic carbocycles. The highest BCUT2D eigenvalue weighted by atomic mass is 16.1. The highest BCUT2D eigenvalue weighted by Crippen LogP contribution is 2.39. The summed E-state index contributed by atoms with van der Waals surface area (Å²) in [7, 11) is 0. The number of rotatable bonds is 4. The van der Waals surface area contributed by atoms with E-state index in [1.54, 1.807) is 0 Å². The molecule has 2 aliphatic rings. The highest BCUT2D eigenvalue weighted by Gasteiger charge is 2.35. The molecule has 0 saturated heterocycles. The molecule has 0 N–H and O–H groups in total. The fourth-order valence-electron chi connectivity index (χ4n) is 4.44. The number of carbonyl (C=O) groups excluding carboxylic acids is 1. The first-order valence-corrected chi connectivity index (χ1v) is 8.67. The lowest BCUT2D eigenvalue weighted by atomic mass is 9.68. The van der Waals surface area contributed by atoms with Gasteiger partial charge in [-0.25, -0.2) is 0 Å². The molecule has 0 aromatic carbocycles. The maximum absolute atomic E-state index is 12.8. The molecule has 2 rings (SSSR count). The van der Waals surface area contributed by atoms with E-state index in [0.29, 0.717) is 23.5 Å². The van der Waals surface area contributed by atoms with E-state index in [-0.39, 0.29) is 0 Å². The van der Waals surface area contributed by atoms with Crippen molar-refractivity contribution >= 4 is 5.78 Å². The molecule has 1 nitrogen and oxygen atoms in total. The molecule has 19 heavy (non-hydrogen) atoms. The van der Waals surface area contributed by atoms with Crippen molar-refractivity contribution < 1.29 is 4.79 Å². The Hall–Kier alpha value is -0.330. The van der Waals surface area contributed by atoms with E-state index in [1.165, 1.54) is 57.8 Å². The molecule has 0 aromatic rings. The Kier molecular flexibility index (Phi) is 5.47. The van der Waals surface area contributed by atoms with Crippen LogP contribution in [0, 0.1) is 29.6 Å². The zero-order valence-corrected chi connectivity index (χ0v) is 13.2. The minimum atomic E-state index is 0.409. The molecular weight excluding hydrogens is 232 g/mol. The molecule has 0 radical (unpaired) electrons. The van der Waals surface area contributed by atoms with Gasteiger partial charge in [-0.2, -0.15) is 0 Å². The van der Waals surface area contributed by atoms with E-state index in [1.807, 2.05) is 0 Å². The highest BCUT2D eigenvalue weighted by molar-refractivity contribution is 5.83. The first-order chi connectivity index (χ1) is 9.13. The topological polar surface area (TPSA) is 17.1 Å². The Balaban J connectivity index is 1.89. The number of carbonyl (C=O) groups is 1. The van der Waals surface area contributed by atoms with Gasteiger partial charge in [-0.15, -0.1) is 0 Å². The van der Waals surface area contributed by atoms with Gasteiger partial charge in [0.25, 0.3) is 0 Å². The second-order valence-electron chi connectivity index (χ2n) is 7.32. The van der Waals surface area contributed by atoms with Gasteiger partial charge in [0.15, 0.2) is 0 Å². The predicted octanol–water partition coefficient (Wildman–Crippen LogP) is 5.23. The first-order valence-electron chi connectivity index (χ1n) is 8.67. The smallest absolute Gasteiger partial charge is 0.139 e. The molecule has 0 amide bonds. The summed E-state index contributed by atoms with van der Waals surface area (Å²) in [6.07, 6.45) is 11.3. The van der Waals surface area contributed by atoms with Gasteiger partial charge >= 0.3 is 0 Å². The van der Waals surface area contributed by atoms with E-state index in [9.17, 15) is 4.79 Å².